The van der Waals surface area contributed by atoms with Crippen molar-refractivity contribution in [1.82, 2.24) is 25.6 Å². The van der Waals surface area contributed by atoms with Gasteiger partial charge in [-0.15, -0.1) is 0 Å². The smallest absolute Gasteiger partial charge is 0.307 e. The third kappa shape index (κ3) is 19.4. The fraction of sp³-hybridized carbons (Fsp3) is 0.829. The predicted octanol–water partition coefficient (Wildman–Crippen LogP) is 7.99. The number of rotatable bonds is 19. The molecule has 0 aliphatic heterocycles. The molecular weight excluding hydrogens is 704 g/mol. The molecule has 2 aromatic heterocycles. The molecule has 2 heterocycles. The number of carbonyl (C=O) groups is 3. The molecule has 0 unspecified atom stereocenters. The van der Waals surface area contributed by atoms with Crippen molar-refractivity contribution in [2.75, 3.05) is 13.7 Å². The zero-order chi connectivity index (χ0) is 40.3. The van der Waals surface area contributed by atoms with Crippen molar-refractivity contribution in [3.63, 3.8) is 0 Å². The number of esters is 2. The third-order valence-electron chi connectivity index (χ3n) is 10.0. The van der Waals surface area contributed by atoms with Crippen LogP contribution in [0, 0.1) is 11.8 Å². The number of ether oxygens (including phenoxy) is 3. The van der Waals surface area contributed by atoms with Crippen LogP contribution in [-0.2, 0) is 41.7 Å². The van der Waals surface area contributed by atoms with E-state index in [1.54, 1.807) is 0 Å². The van der Waals surface area contributed by atoms with Gasteiger partial charge in [0, 0.05) is 18.9 Å². The highest BCUT2D eigenvalue weighted by atomic mass is 16.6. The van der Waals surface area contributed by atoms with Crippen molar-refractivity contribution < 1.29 is 37.6 Å². The van der Waals surface area contributed by atoms with Gasteiger partial charge in [0.2, 0.25) is 17.7 Å². The highest BCUT2D eigenvalue weighted by Gasteiger charge is 2.28. The molecule has 2 saturated carbocycles. The average molecular weight is 775 g/mol. The van der Waals surface area contributed by atoms with E-state index >= 15 is 0 Å². The van der Waals surface area contributed by atoms with Crippen molar-refractivity contribution in [2.45, 2.75) is 193 Å². The maximum absolute atomic E-state index is 12.4. The van der Waals surface area contributed by atoms with E-state index in [-0.39, 0.29) is 62.2 Å². The van der Waals surface area contributed by atoms with Gasteiger partial charge in [-0.1, -0.05) is 100 Å². The first-order chi connectivity index (χ1) is 26.1. The number of carbonyl (C=O) groups excluding carboxylic acids is 3. The topological polar surface area (TPSA) is 195 Å². The Morgan fingerprint density at radius 2 is 1.16 bits per heavy atom. The fourth-order valence-corrected chi connectivity index (χ4v) is 7.43. The predicted molar refractivity (Wildman–Crippen MR) is 207 cm³/mol. The second kappa shape index (κ2) is 23.6. The molecule has 3 N–H and O–H groups in total. The largest absolute Gasteiger partial charge is 0.460 e. The van der Waals surface area contributed by atoms with Crippen molar-refractivity contribution in [2.24, 2.45) is 17.6 Å². The third-order valence-corrected chi connectivity index (χ3v) is 10.0. The first kappa shape index (κ1) is 46.0. The molecule has 2 aromatic rings. The van der Waals surface area contributed by atoms with Crippen LogP contribution in [0.4, 0.5) is 0 Å². The zero-order valence-corrected chi connectivity index (χ0v) is 34.8. The number of hydrogen-bond donors (Lipinski definition) is 2. The van der Waals surface area contributed by atoms with Gasteiger partial charge in [0.1, 0.15) is 17.8 Å². The molecule has 2 aliphatic rings. The summed E-state index contributed by atoms with van der Waals surface area (Å²) in [6.45, 7) is 11.6. The Morgan fingerprint density at radius 1 is 0.727 bits per heavy atom. The second-order valence-corrected chi connectivity index (χ2v) is 17.4. The van der Waals surface area contributed by atoms with Gasteiger partial charge < -0.3 is 34.3 Å². The normalized spacial score (nSPS) is 16.8. The number of amides is 1. The zero-order valence-electron chi connectivity index (χ0n) is 34.8. The molecule has 2 aliphatic carbocycles. The molecule has 0 saturated heterocycles. The SMILES string of the molecule is CC(C)(C)OC(=O)C[C@@H](CCCC1CCCCC1)c1nc(CN)no1.COCC(=O)NCc1noc([C@H](CCCC2CCCCC2)CC(=O)OC(C)(C)C)n1. The maximum atomic E-state index is 12.4. The molecule has 4 rings (SSSR count). The van der Waals surface area contributed by atoms with Gasteiger partial charge in [-0.2, -0.15) is 9.97 Å². The molecule has 0 aromatic carbocycles. The number of nitrogens with zero attached hydrogens (tertiary/aromatic N) is 4. The van der Waals surface area contributed by atoms with E-state index < -0.39 is 11.2 Å². The lowest BCUT2D eigenvalue weighted by Crippen LogP contribution is -2.27. The van der Waals surface area contributed by atoms with Crippen molar-refractivity contribution in [3.05, 3.63) is 23.4 Å². The minimum atomic E-state index is -0.532. The van der Waals surface area contributed by atoms with E-state index in [0.717, 1.165) is 37.5 Å². The highest BCUT2D eigenvalue weighted by molar-refractivity contribution is 5.77. The van der Waals surface area contributed by atoms with Gasteiger partial charge in [-0.3, -0.25) is 14.4 Å². The van der Waals surface area contributed by atoms with Crippen LogP contribution in [0.1, 0.15) is 192 Å². The van der Waals surface area contributed by atoms with Crippen LogP contribution < -0.4 is 11.1 Å². The minimum Gasteiger partial charge on any atom is -0.460 e. The summed E-state index contributed by atoms with van der Waals surface area (Å²) in [5.74, 6) is 2.42. The number of nitrogens with one attached hydrogen (secondary N) is 1. The minimum absolute atomic E-state index is 0.0207. The second-order valence-electron chi connectivity index (χ2n) is 17.4. The van der Waals surface area contributed by atoms with Gasteiger partial charge in [-0.05, 0) is 66.2 Å². The Hall–Kier alpha value is -3.39. The van der Waals surface area contributed by atoms with Crippen LogP contribution in [0.25, 0.3) is 0 Å². The molecule has 14 heteroatoms. The Morgan fingerprint density at radius 3 is 1.56 bits per heavy atom. The summed E-state index contributed by atoms with van der Waals surface area (Å²) in [7, 11) is 1.46. The van der Waals surface area contributed by atoms with Gasteiger partial charge >= 0.3 is 11.9 Å². The van der Waals surface area contributed by atoms with Gasteiger partial charge in [0.25, 0.3) is 0 Å². The molecule has 2 fully saturated rings. The summed E-state index contributed by atoms with van der Waals surface area (Å²) in [6.07, 6.45) is 20.0. The number of nitrogens with two attached hydrogens (primary N) is 1. The number of aromatic nitrogens is 4. The van der Waals surface area contributed by atoms with Crippen LogP contribution in [-0.4, -0.2) is 63.0 Å². The molecule has 0 radical (unpaired) electrons. The van der Waals surface area contributed by atoms with Crippen molar-refractivity contribution in [3.8, 4) is 0 Å². The first-order valence-electron chi connectivity index (χ1n) is 20.7. The summed E-state index contributed by atoms with van der Waals surface area (Å²) < 4.78 is 26.5. The standard InChI is InChI=1S/C22H37N3O5.C19H33N3O3/c1-22(2,3)29-20(27)13-17(12-8-11-16-9-6-5-7-10-16)21-24-18(25-30-21)14-23-19(26)15-28-4;1-19(2,3)24-17(23)12-15(18-21-16(13-20)22-25-18)11-7-10-14-8-5-4-6-9-14/h16-17H,5-15H2,1-4H3,(H,23,26);14-15H,4-13,20H2,1-3H3/t17-;15-/m11/s1. The van der Waals surface area contributed by atoms with E-state index in [1.165, 1.54) is 84.2 Å². The molecule has 2 atom stereocenters. The summed E-state index contributed by atoms with van der Waals surface area (Å²) in [4.78, 5) is 45.0. The van der Waals surface area contributed by atoms with E-state index in [1.807, 2.05) is 41.5 Å². The van der Waals surface area contributed by atoms with E-state index in [4.69, 9.17) is 29.0 Å². The molecule has 0 spiro atoms. The lowest BCUT2D eigenvalue weighted by molar-refractivity contribution is -0.156. The summed E-state index contributed by atoms with van der Waals surface area (Å²) in [5.41, 5.74) is 4.55. The first-order valence-corrected chi connectivity index (χ1v) is 20.7. The highest BCUT2D eigenvalue weighted by Crippen LogP contribution is 2.33. The quantitative estimate of drug-likeness (QED) is 0.131. The van der Waals surface area contributed by atoms with E-state index in [0.29, 0.717) is 23.4 Å². The monoisotopic (exact) mass is 775 g/mol. The fourth-order valence-electron chi connectivity index (χ4n) is 7.43. The molecule has 0 bridgehead atoms. The summed E-state index contributed by atoms with van der Waals surface area (Å²) in [6, 6.07) is 0. The van der Waals surface area contributed by atoms with Crippen LogP contribution >= 0.6 is 0 Å². The Labute approximate surface area is 328 Å². The van der Waals surface area contributed by atoms with Crippen LogP contribution in [0.5, 0.6) is 0 Å². The Balaban J connectivity index is 0.000000300. The van der Waals surface area contributed by atoms with Crippen molar-refractivity contribution in [1.29, 1.82) is 0 Å². The molecule has 14 nitrogen and oxygen atoms in total. The number of methoxy groups -OCH3 is 1. The number of hydrogen-bond acceptors (Lipinski definition) is 13. The lowest BCUT2D eigenvalue weighted by atomic mass is 9.84. The average Bonchev–Trinajstić information content (AvgIpc) is 3.80. The Bertz CT molecular complexity index is 1400. The van der Waals surface area contributed by atoms with Gasteiger partial charge in [0.15, 0.2) is 11.6 Å². The molecular formula is C41H70N6O8. The van der Waals surface area contributed by atoms with Crippen LogP contribution in [0.15, 0.2) is 9.05 Å². The van der Waals surface area contributed by atoms with Crippen LogP contribution in [0.2, 0.25) is 0 Å². The molecule has 1 amide bonds. The summed E-state index contributed by atoms with van der Waals surface area (Å²) >= 11 is 0. The van der Waals surface area contributed by atoms with Crippen molar-refractivity contribution >= 4 is 17.8 Å². The van der Waals surface area contributed by atoms with Gasteiger partial charge in [0.05, 0.1) is 25.9 Å². The molecule has 312 valence electrons. The van der Waals surface area contributed by atoms with Gasteiger partial charge in [-0.25, -0.2) is 0 Å². The Kier molecular flexibility index (Phi) is 19.8. The van der Waals surface area contributed by atoms with E-state index in [9.17, 15) is 14.4 Å². The molecule has 55 heavy (non-hydrogen) atoms. The van der Waals surface area contributed by atoms with Crippen LogP contribution in [0.3, 0.4) is 0 Å². The maximum Gasteiger partial charge on any atom is 0.307 e. The summed E-state index contributed by atoms with van der Waals surface area (Å²) in [5, 5.41) is 10.5. The lowest BCUT2D eigenvalue weighted by Gasteiger charge is -2.23. The van der Waals surface area contributed by atoms with E-state index in [2.05, 4.69) is 25.6 Å².